The van der Waals surface area contributed by atoms with Crippen LogP contribution in [0, 0.1) is 5.41 Å². The van der Waals surface area contributed by atoms with Crippen molar-refractivity contribution in [3.05, 3.63) is 144 Å². The van der Waals surface area contributed by atoms with Gasteiger partial charge in [0.1, 0.15) is 17.5 Å². The molecule has 3 aliphatic rings. The normalized spacial score (nSPS) is 26.4. The number of benzene rings is 4. The van der Waals surface area contributed by atoms with Crippen LogP contribution in [0.3, 0.4) is 0 Å². The Balaban J connectivity index is 1.26. The number of esters is 1. The van der Waals surface area contributed by atoms with Crippen LogP contribution in [0.1, 0.15) is 53.0 Å². The summed E-state index contributed by atoms with van der Waals surface area (Å²) in [6, 6.07) is 35.1. The minimum absolute atomic E-state index is 0.251. The van der Waals surface area contributed by atoms with Gasteiger partial charge in [-0.25, -0.2) is 4.79 Å². The Morgan fingerprint density at radius 1 is 0.773 bits per heavy atom. The number of nitrogens with zero attached hydrogens (tertiary/aromatic N) is 3. The maximum atomic E-state index is 14.7. The van der Waals surface area contributed by atoms with Crippen molar-refractivity contribution in [1.82, 2.24) is 4.90 Å². The van der Waals surface area contributed by atoms with E-state index < -0.39 is 45.7 Å². The number of ether oxygens (including phenoxy) is 1. The van der Waals surface area contributed by atoms with Gasteiger partial charge in [-0.05, 0) is 30.5 Å². The first-order chi connectivity index (χ1) is 21.3. The van der Waals surface area contributed by atoms with Crippen molar-refractivity contribution in [2.75, 3.05) is 0 Å². The highest BCUT2D eigenvalue weighted by Crippen LogP contribution is 2.67. The third-order valence-electron chi connectivity index (χ3n) is 8.90. The van der Waals surface area contributed by atoms with E-state index in [1.54, 1.807) is 29.2 Å². The van der Waals surface area contributed by atoms with E-state index >= 15 is 0 Å². The Morgan fingerprint density at radius 2 is 1.30 bits per heavy atom. The largest absolute Gasteiger partial charge is 0.451 e. The molecule has 5 atom stereocenters. The molecule has 3 heterocycles. The summed E-state index contributed by atoms with van der Waals surface area (Å²) in [5.41, 5.74) is 1.70. The van der Waals surface area contributed by atoms with Crippen LogP contribution in [0.15, 0.2) is 132 Å². The lowest BCUT2D eigenvalue weighted by Gasteiger charge is -2.54. The van der Waals surface area contributed by atoms with E-state index in [4.69, 9.17) is 4.74 Å². The highest BCUT2D eigenvalue weighted by Gasteiger charge is 2.79. The SMILES string of the molecule is CC1(C)S[C@H]2N(C(=O)[C@]23C(C(=O)c2ccccc2)N=N[C@H]3c2ccccc2)[C@H]1C(=O)OC(c1ccccc1)c1ccccc1. The maximum absolute atomic E-state index is 14.7. The molecule has 8 heteroatoms. The third-order valence-corrected chi connectivity index (χ3v) is 10.6. The van der Waals surface area contributed by atoms with Crippen molar-refractivity contribution in [1.29, 1.82) is 0 Å². The number of ketones is 1. The van der Waals surface area contributed by atoms with Crippen molar-refractivity contribution in [3.8, 4) is 0 Å². The van der Waals surface area contributed by atoms with Crippen molar-refractivity contribution in [2.45, 2.75) is 48.2 Å². The molecule has 0 N–H and O–H groups in total. The number of Topliss-reactive ketones (excluding diaryl/α,β-unsaturated/α-hetero) is 1. The zero-order valence-electron chi connectivity index (χ0n) is 24.3. The average Bonchev–Trinajstić information content (AvgIpc) is 3.60. The van der Waals surface area contributed by atoms with Gasteiger partial charge in [-0.2, -0.15) is 10.2 Å². The van der Waals surface area contributed by atoms with Crippen molar-refractivity contribution in [2.24, 2.45) is 15.6 Å². The summed E-state index contributed by atoms with van der Waals surface area (Å²) in [5, 5.41) is 8.59. The monoisotopic (exact) mass is 601 g/mol. The van der Waals surface area contributed by atoms with Gasteiger partial charge in [0.05, 0.1) is 5.37 Å². The van der Waals surface area contributed by atoms with Gasteiger partial charge in [0.15, 0.2) is 17.9 Å². The molecule has 0 aromatic heterocycles. The summed E-state index contributed by atoms with van der Waals surface area (Å²) < 4.78 is 5.58. The smallest absolute Gasteiger partial charge is 0.331 e. The average molecular weight is 602 g/mol. The zero-order valence-corrected chi connectivity index (χ0v) is 25.1. The van der Waals surface area contributed by atoms with E-state index in [0.29, 0.717) is 5.56 Å². The second-order valence-electron chi connectivity index (χ2n) is 11.9. The summed E-state index contributed by atoms with van der Waals surface area (Å²) in [4.78, 5) is 44.5. The highest BCUT2D eigenvalue weighted by molar-refractivity contribution is 8.01. The topological polar surface area (TPSA) is 88.4 Å². The van der Waals surface area contributed by atoms with E-state index in [-0.39, 0.29) is 11.7 Å². The quantitative estimate of drug-likeness (QED) is 0.132. The molecule has 0 aliphatic carbocycles. The molecule has 44 heavy (non-hydrogen) atoms. The van der Waals surface area contributed by atoms with E-state index in [9.17, 15) is 14.4 Å². The van der Waals surface area contributed by atoms with Crippen LogP contribution < -0.4 is 0 Å². The van der Waals surface area contributed by atoms with E-state index in [0.717, 1.165) is 16.7 Å². The Morgan fingerprint density at radius 3 is 1.86 bits per heavy atom. The molecule has 2 fully saturated rings. The first-order valence-corrected chi connectivity index (χ1v) is 15.6. The van der Waals surface area contributed by atoms with Crippen LogP contribution >= 0.6 is 11.8 Å². The van der Waals surface area contributed by atoms with Gasteiger partial charge in [0.25, 0.3) is 0 Å². The molecule has 2 saturated heterocycles. The van der Waals surface area contributed by atoms with Gasteiger partial charge < -0.3 is 9.64 Å². The molecular formula is C36H31N3O4S. The number of hydrogen-bond acceptors (Lipinski definition) is 7. The molecule has 4 aromatic rings. The van der Waals surface area contributed by atoms with Gasteiger partial charge in [-0.1, -0.05) is 121 Å². The van der Waals surface area contributed by atoms with Crippen molar-refractivity contribution in [3.63, 3.8) is 0 Å². The number of carbonyl (C=O) groups excluding carboxylic acids is 3. The number of fused-ring (bicyclic) bond motifs is 2. The summed E-state index contributed by atoms with van der Waals surface area (Å²) in [6.07, 6.45) is -0.643. The fourth-order valence-corrected chi connectivity index (χ4v) is 8.64. The predicted octanol–water partition coefficient (Wildman–Crippen LogP) is 6.83. The molecule has 4 aromatic carbocycles. The fourth-order valence-electron chi connectivity index (χ4n) is 6.84. The van der Waals surface area contributed by atoms with Crippen LogP contribution in [-0.2, 0) is 14.3 Å². The third kappa shape index (κ3) is 4.31. The van der Waals surface area contributed by atoms with Crippen molar-refractivity contribution < 1.29 is 19.1 Å². The highest BCUT2D eigenvalue weighted by atomic mass is 32.2. The number of thioether (sulfide) groups is 1. The second kappa shape index (κ2) is 10.9. The molecule has 7 nitrogen and oxygen atoms in total. The van der Waals surface area contributed by atoms with E-state index in [1.807, 2.05) is 111 Å². The van der Waals surface area contributed by atoms with Gasteiger partial charge in [-0.3, -0.25) is 9.59 Å². The molecule has 3 aliphatic heterocycles. The molecule has 7 rings (SSSR count). The standard InChI is InChI=1S/C36H31N3O4S/c1-35(2)31(32(41)43-28(24-17-9-4-10-18-24)25-19-11-5-12-20-25)39-33(42)36(34(39)44-35)29(26-21-13-6-14-22-26)37-38-30(36)27(40)23-15-7-3-8-16-23/h3-22,28-31,34H,1-2H3/t29-,30?,31-,34+,36-/m0/s1. The lowest BCUT2D eigenvalue weighted by atomic mass is 9.63. The molecule has 0 saturated carbocycles. The van der Waals surface area contributed by atoms with Crippen LogP contribution in [0.5, 0.6) is 0 Å². The number of amides is 1. The summed E-state index contributed by atoms with van der Waals surface area (Å²) in [7, 11) is 0. The van der Waals surface area contributed by atoms with E-state index in [1.165, 1.54) is 11.8 Å². The molecule has 0 radical (unpaired) electrons. The van der Waals surface area contributed by atoms with Gasteiger partial charge >= 0.3 is 5.97 Å². The second-order valence-corrected chi connectivity index (χ2v) is 13.7. The lowest BCUT2D eigenvalue weighted by Crippen LogP contribution is -2.74. The van der Waals surface area contributed by atoms with Crippen LogP contribution in [0.2, 0.25) is 0 Å². The fraction of sp³-hybridized carbons (Fsp3) is 0.250. The Hall–Kier alpha value is -4.56. The minimum atomic E-state index is -1.26. The molecule has 1 unspecified atom stereocenters. The number of azo groups is 1. The van der Waals surface area contributed by atoms with Crippen LogP contribution in [-0.4, -0.2) is 44.8 Å². The van der Waals surface area contributed by atoms with E-state index in [2.05, 4.69) is 10.2 Å². The number of rotatable bonds is 7. The molecule has 1 spiro atoms. The van der Waals surface area contributed by atoms with Crippen LogP contribution in [0.25, 0.3) is 0 Å². The molecular weight excluding hydrogens is 570 g/mol. The van der Waals surface area contributed by atoms with Crippen LogP contribution in [0.4, 0.5) is 0 Å². The Bertz CT molecular complexity index is 1690. The predicted molar refractivity (Wildman–Crippen MR) is 168 cm³/mol. The Kier molecular flexibility index (Phi) is 6.97. The maximum Gasteiger partial charge on any atom is 0.331 e. The van der Waals surface area contributed by atoms with Gasteiger partial charge in [-0.15, -0.1) is 11.8 Å². The molecule has 1 amide bonds. The number of carbonyl (C=O) groups is 3. The minimum Gasteiger partial charge on any atom is -0.451 e. The molecule has 0 bridgehead atoms. The first-order valence-electron chi connectivity index (χ1n) is 14.7. The van der Waals surface area contributed by atoms with Gasteiger partial charge in [0, 0.05) is 10.3 Å². The lowest BCUT2D eigenvalue weighted by molar-refractivity contribution is -0.179. The molecule has 220 valence electrons. The summed E-state index contributed by atoms with van der Waals surface area (Å²) in [6.45, 7) is 3.91. The van der Waals surface area contributed by atoms with Crippen molar-refractivity contribution >= 4 is 29.4 Å². The number of hydrogen-bond donors (Lipinski definition) is 0. The first kappa shape index (κ1) is 28.2. The van der Waals surface area contributed by atoms with Gasteiger partial charge in [0.2, 0.25) is 5.91 Å². The zero-order chi connectivity index (χ0) is 30.5. The summed E-state index contributed by atoms with van der Waals surface area (Å²) >= 11 is 1.52. The number of β-lactam (4-membered cyclic amide) rings is 1. The Labute approximate surface area is 260 Å². The summed E-state index contributed by atoms with van der Waals surface area (Å²) in [5.74, 6) is -1.04.